The minimum Gasteiger partial charge on any atom is -0.457 e. The van der Waals surface area contributed by atoms with E-state index >= 15 is 0 Å². The van der Waals surface area contributed by atoms with Gasteiger partial charge in [0.2, 0.25) is 5.91 Å². The van der Waals surface area contributed by atoms with E-state index in [0.29, 0.717) is 16.8 Å². The molecule has 4 rings (SSSR count). The summed E-state index contributed by atoms with van der Waals surface area (Å²) in [4.78, 5) is 61.6. The van der Waals surface area contributed by atoms with Crippen LogP contribution in [0.25, 0.3) is 0 Å². The summed E-state index contributed by atoms with van der Waals surface area (Å²) >= 11 is 0. The molecule has 37 heavy (non-hydrogen) atoms. The van der Waals surface area contributed by atoms with Crippen LogP contribution in [-0.4, -0.2) is 41.7 Å². The summed E-state index contributed by atoms with van der Waals surface area (Å²) in [6, 6.07) is 18.7. The summed E-state index contributed by atoms with van der Waals surface area (Å²) in [6.07, 6.45) is -0.129. The first-order valence-corrected chi connectivity index (χ1v) is 11.4. The lowest BCUT2D eigenvalue weighted by Gasteiger charge is -2.16. The van der Waals surface area contributed by atoms with Crippen molar-refractivity contribution < 1.29 is 33.6 Å². The lowest BCUT2D eigenvalue weighted by molar-refractivity contribution is -0.385. The molecule has 1 amide bonds. The third kappa shape index (κ3) is 5.87. The molecule has 1 aliphatic rings. The van der Waals surface area contributed by atoms with Crippen LogP contribution in [0.5, 0.6) is 5.75 Å². The smallest absolute Gasteiger partial charge is 0.343 e. The summed E-state index contributed by atoms with van der Waals surface area (Å²) in [5.41, 5.74) is 1.30. The van der Waals surface area contributed by atoms with E-state index in [1.807, 2.05) is 0 Å². The summed E-state index contributed by atoms with van der Waals surface area (Å²) in [5.74, 6) is -2.63. The maximum atomic E-state index is 12.5. The van der Waals surface area contributed by atoms with Crippen molar-refractivity contribution in [2.45, 2.75) is 13.3 Å². The molecular weight excluding hydrogens is 480 g/mol. The van der Waals surface area contributed by atoms with Crippen molar-refractivity contribution >= 4 is 35.0 Å². The number of rotatable bonds is 8. The maximum absolute atomic E-state index is 12.5. The zero-order valence-corrected chi connectivity index (χ0v) is 19.8. The van der Waals surface area contributed by atoms with Crippen molar-refractivity contribution in [1.82, 2.24) is 0 Å². The molecule has 0 N–H and O–H groups in total. The molecular formula is C27H22N2O8. The van der Waals surface area contributed by atoms with Crippen molar-refractivity contribution in [2.24, 2.45) is 5.92 Å². The van der Waals surface area contributed by atoms with Crippen LogP contribution in [0.2, 0.25) is 0 Å². The number of carbonyl (C=O) groups excluding carboxylic acids is 4. The number of nitrogens with zero attached hydrogens (tertiary/aromatic N) is 2. The fraction of sp³-hybridized carbons (Fsp3) is 0.185. The molecule has 0 radical (unpaired) electrons. The number of ether oxygens (including phenoxy) is 2. The number of hydrogen-bond acceptors (Lipinski definition) is 8. The Morgan fingerprint density at radius 2 is 1.70 bits per heavy atom. The molecule has 0 saturated carbocycles. The number of Topliss-reactive ketones (excluding diaryl/α,β-unsaturated/α-hetero) is 1. The minimum absolute atomic E-state index is 0.00640. The quantitative estimate of drug-likeness (QED) is 0.149. The predicted molar refractivity (Wildman–Crippen MR) is 131 cm³/mol. The number of benzene rings is 3. The molecule has 188 valence electrons. The van der Waals surface area contributed by atoms with Gasteiger partial charge in [0.1, 0.15) is 5.75 Å². The van der Waals surface area contributed by atoms with Crippen LogP contribution in [0.3, 0.4) is 0 Å². The monoisotopic (exact) mass is 502 g/mol. The standard InChI is InChI=1S/C27H22N2O8/c1-17-7-10-21(14-23(17)29(34)35)28-15-20(13-25(28)31)26(32)36-16-24(30)18-8-11-22(12-9-18)37-27(33)19-5-3-2-4-6-19/h2-12,14,20H,13,15-16H2,1H3/t20-/m0/s1. The number of esters is 2. The molecule has 10 heteroatoms. The molecule has 3 aromatic rings. The van der Waals surface area contributed by atoms with Crippen LogP contribution in [0.15, 0.2) is 72.8 Å². The van der Waals surface area contributed by atoms with Gasteiger partial charge in [0.05, 0.1) is 22.1 Å². The lowest BCUT2D eigenvalue weighted by Crippen LogP contribution is -2.27. The molecule has 1 aliphatic heterocycles. The highest BCUT2D eigenvalue weighted by Crippen LogP contribution is 2.30. The van der Waals surface area contributed by atoms with Crippen molar-refractivity contribution in [3.8, 4) is 5.75 Å². The van der Waals surface area contributed by atoms with Crippen LogP contribution in [0, 0.1) is 23.0 Å². The summed E-state index contributed by atoms with van der Waals surface area (Å²) in [6.45, 7) is 1.06. The predicted octanol–water partition coefficient (Wildman–Crippen LogP) is 3.90. The number of nitro groups is 1. The molecule has 1 saturated heterocycles. The Labute approximate surface area is 211 Å². The summed E-state index contributed by atoms with van der Waals surface area (Å²) in [7, 11) is 0. The van der Waals surface area contributed by atoms with Crippen molar-refractivity contribution in [3.05, 3.63) is 99.6 Å². The first-order chi connectivity index (χ1) is 17.7. The Hall–Kier alpha value is -4.86. The number of anilines is 1. The van der Waals surface area contributed by atoms with E-state index in [1.54, 1.807) is 49.4 Å². The van der Waals surface area contributed by atoms with E-state index in [9.17, 15) is 29.3 Å². The van der Waals surface area contributed by atoms with Gasteiger partial charge in [-0.25, -0.2) is 4.79 Å². The zero-order valence-electron chi connectivity index (χ0n) is 19.8. The van der Waals surface area contributed by atoms with Crippen LogP contribution in [-0.2, 0) is 14.3 Å². The van der Waals surface area contributed by atoms with E-state index < -0.39 is 35.2 Å². The van der Waals surface area contributed by atoms with E-state index in [4.69, 9.17) is 9.47 Å². The zero-order chi connectivity index (χ0) is 26.5. The second kappa shape index (κ2) is 10.8. The van der Waals surface area contributed by atoms with Gasteiger partial charge in [0, 0.05) is 30.2 Å². The Morgan fingerprint density at radius 3 is 2.38 bits per heavy atom. The van der Waals surface area contributed by atoms with E-state index in [1.165, 1.54) is 35.2 Å². The molecule has 3 aromatic carbocycles. The number of amides is 1. The molecule has 1 fully saturated rings. The van der Waals surface area contributed by atoms with Gasteiger partial charge in [0.25, 0.3) is 5.69 Å². The first kappa shape index (κ1) is 25.2. The largest absolute Gasteiger partial charge is 0.457 e. The Balaban J connectivity index is 1.31. The second-order valence-electron chi connectivity index (χ2n) is 8.44. The Kier molecular flexibility index (Phi) is 7.38. The lowest BCUT2D eigenvalue weighted by atomic mass is 10.1. The van der Waals surface area contributed by atoms with Gasteiger partial charge in [-0.15, -0.1) is 0 Å². The van der Waals surface area contributed by atoms with Gasteiger partial charge in [-0.3, -0.25) is 24.5 Å². The average Bonchev–Trinajstić information content (AvgIpc) is 3.29. The molecule has 0 unspecified atom stereocenters. The van der Waals surface area contributed by atoms with Crippen LogP contribution >= 0.6 is 0 Å². The maximum Gasteiger partial charge on any atom is 0.343 e. The molecule has 1 atom stereocenters. The van der Waals surface area contributed by atoms with E-state index in [0.717, 1.165) is 0 Å². The average molecular weight is 502 g/mol. The Bertz CT molecular complexity index is 1370. The molecule has 0 aromatic heterocycles. The molecule has 0 spiro atoms. The number of ketones is 1. The topological polar surface area (TPSA) is 133 Å². The van der Waals surface area contributed by atoms with Crippen LogP contribution in [0.4, 0.5) is 11.4 Å². The third-order valence-corrected chi connectivity index (χ3v) is 5.90. The molecule has 1 heterocycles. The fourth-order valence-corrected chi connectivity index (χ4v) is 3.86. The summed E-state index contributed by atoms with van der Waals surface area (Å²) < 4.78 is 10.4. The number of aryl methyl sites for hydroxylation is 1. The van der Waals surface area contributed by atoms with Gasteiger partial charge < -0.3 is 14.4 Å². The highest BCUT2D eigenvalue weighted by Gasteiger charge is 2.37. The number of carbonyl (C=O) groups is 4. The van der Waals surface area contributed by atoms with Crippen molar-refractivity contribution in [2.75, 3.05) is 18.1 Å². The number of nitro benzene ring substituents is 1. The second-order valence-corrected chi connectivity index (χ2v) is 8.44. The molecule has 0 bridgehead atoms. The van der Waals surface area contributed by atoms with Crippen LogP contribution < -0.4 is 9.64 Å². The van der Waals surface area contributed by atoms with E-state index in [2.05, 4.69) is 0 Å². The van der Waals surface area contributed by atoms with Crippen LogP contribution in [0.1, 0.15) is 32.7 Å². The third-order valence-electron chi connectivity index (χ3n) is 5.90. The van der Waals surface area contributed by atoms with Crippen molar-refractivity contribution in [3.63, 3.8) is 0 Å². The molecule has 10 nitrogen and oxygen atoms in total. The Morgan fingerprint density at radius 1 is 1.00 bits per heavy atom. The molecule has 0 aliphatic carbocycles. The van der Waals surface area contributed by atoms with Crippen molar-refractivity contribution in [1.29, 1.82) is 0 Å². The van der Waals surface area contributed by atoms with Gasteiger partial charge in [-0.05, 0) is 49.4 Å². The van der Waals surface area contributed by atoms with Gasteiger partial charge in [0.15, 0.2) is 12.4 Å². The first-order valence-electron chi connectivity index (χ1n) is 11.4. The van der Waals surface area contributed by atoms with Gasteiger partial charge in [-0.1, -0.05) is 24.3 Å². The normalized spacial score (nSPS) is 14.8. The van der Waals surface area contributed by atoms with Gasteiger partial charge in [-0.2, -0.15) is 0 Å². The highest BCUT2D eigenvalue weighted by atomic mass is 16.6. The fourth-order valence-electron chi connectivity index (χ4n) is 3.86. The SMILES string of the molecule is Cc1ccc(N2C[C@@H](C(=O)OCC(=O)c3ccc(OC(=O)c4ccccc4)cc3)CC2=O)cc1[N+](=O)[O-]. The number of hydrogen-bond donors (Lipinski definition) is 0. The minimum atomic E-state index is -0.805. The van der Waals surface area contributed by atoms with Gasteiger partial charge >= 0.3 is 11.9 Å². The summed E-state index contributed by atoms with van der Waals surface area (Å²) in [5, 5.41) is 11.2. The van der Waals surface area contributed by atoms with E-state index in [-0.39, 0.29) is 35.9 Å². The highest BCUT2D eigenvalue weighted by molar-refractivity contribution is 6.01.